The van der Waals surface area contributed by atoms with Crippen LogP contribution in [-0.2, 0) is 0 Å². The van der Waals surface area contributed by atoms with E-state index in [9.17, 15) is 0 Å². The van der Waals surface area contributed by atoms with Gasteiger partial charge in [-0.25, -0.2) is 0 Å². The zero-order chi connectivity index (χ0) is 6.85. The van der Waals surface area contributed by atoms with Gasteiger partial charge in [0.25, 0.3) is 0 Å². The fourth-order valence-electron chi connectivity index (χ4n) is 0.540. The summed E-state index contributed by atoms with van der Waals surface area (Å²) in [5.74, 6) is 0. The van der Waals surface area contributed by atoms with Crippen LogP contribution >= 0.6 is 25.3 Å². The van der Waals surface area contributed by atoms with Crippen molar-refractivity contribution in [2.75, 3.05) is 5.73 Å². The minimum absolute atomic E-state index is 0.720. The molecule has 1 nitrogen and oxygen atoms in total. The first-order valence-electron chi connectivity index (χ1n) is 2.47. The molecule has 0 atom stereocenters. The van der Waals surface area contributed by atoms with Gasteiger partial charge in [0.1, 0.15) is 0 Å². The fraction of sp³-hybridized carbons (Fsp3) is 0. The molecule has 3 heteroatoms. The van der Waals surface area contributed by atoms with E-state index < -0.39 is 0 Å². The summed E-state index contributed by atoms with van der Waals surface area (Å²) < 4.78 is 0. The topological polar surface area (TPSA) is 26.0 Å². The van der Waals surface area contributed by atoms with Gasteiger partial charge in [-0.05, 0) is 18.2 Å². The molecule has 0 unspecified atom stereocenters. The first-order chi connectivity index (χ1) is 4.20. The maximum absolute atomic E-state index is 5.44. The summed E-state index contributed by atoms with van der Waals surface area (Å²) in [7, 11) is 0. The Morgan fingerprint density at radius 1 is 1.11 bits per heavy atom. The van der Waals surface area contributed by atoms with Gasteiger partial charge in [0, 0.05) is 15.5 Å². The average molecular weight is 157 g/mol. The Hall–Kier alpha value is -0.280. The van der Waals surface area contributed by atoms with Crippen molar-refractivity contribution >= 4 is 30.9 Å². The summed E-state index contributed by atoms with van der Waals surface area (Å²) in [5.41, 5.74) is 6.16. The molecule has 1 rings (SSSR count). The van der Waals surface area contributed by atoms with E-state index in [0.29, 0.717) is 0 Å². The molecular weight excluding hydrogens is 150 g/mol. The van der Waals surface area contributed by atoms with E-state index in [4.69, 9.17) is 5.73 Å². The third-order valence-electron chi connectivity index (χ3n) is 0.999. The SMILES string of the molecule is Nc1ccc(S)c(S)c1. The Labute approximate surface area is 65.1 Å². The summed E-state index contributed by atoms with van der Waals surface area (Å²) in [6, 6.07) is 5.38. The second-order valence-corrected chi connectivity index (χ2v) is 2.71. The molecule has 0 aliphatic rings. The van der Waals surface area contributed by atoms with Gasteiger partial charge in [0.05, 0.1) is 0 Å². The Bertz CT molecular complexity index is 222. The van der Waals surface area contributed by atoms with Crippen molar-refractivity contribution in [2.24, 2.45) is 0 Å². The third kappa shape index (κ3) is 1.56. The molecule has 0 aromatic heterocycles. The van der Waals surface area contributed by atoms with Crippen molar-refractivity contribution in [1.29, 1.82) is 0 Å². The highest BCUT2D eigenvalue weighted by Crippen LogP contribution is 2.19. The molecular formula is C6H7NS2. The van der Waals surface area contributed by atoms with E-state index in [1.54, 1.807) is 12.1 Å². The fourth-order valence-corrected chi connectivity index (χ4v) is 0.903. The Kier molecular flexibility index (Phi) is 1.93. The quantitative estimate of drug-likeness (QED) is 0.389. The van der Waals surface area contributed by atoms with E-state index >= 15 is 0 Å². The summed E-state index contributed by atoms with van der Waals surface area (Å²) in [6.07, 6.45) is 0. The normalized spacial score (nSPS) is 9.56. The predicted molar refractivity (Wildman–Crippen MR) is 45.4 cm³/mol. The Balaban J connectivity index is 3.17. The lowest BCUT2D eigenvalue weighted by Gasteiger charge is -1.96. The van der Waals surface area contributed by atoms with Crippen LogP contribution in [0.15, 0.2) is 28.0 Å². The average Bonchev–Trinajstić information content (AvgIpc) is 1.80. The van der Waals surface area contributed by atoms with Gasteiger partial charge in [0.15, 0.2) is 0 Å². The molecule has 0 aliphatic heterocycles. The summed E-state index contributed by atoms with van der Waals surface area (Å²) in [4.78, 5) is 1.67. The maximum Gasteiger partial charge on any atom is 0.0325 e. The lowest BCUT2D eigenvalue weighted by molar-refractivity contribution is 1.27. The van der Waals surface area contributed by atoms with Crippen molar-refractivity contribution in [1.82, 2.24) is 0 Å². The molecule has 0 saturated carbocycles. The second-order valence-electron chi connectivity index (χ2n) is 1.75. The van der Waals surface area contributed by atoms with Crippen molar-refractivity contribution in [2.45, 2.75) is 9.79 Å². The van der Waals surface area contributed by atoms with Gasteiger partial charge >= 0.3 is 0 Å². The van der Waals surface area contributed by atoms with Crippen LogP contribution < -0.4 is 5.73 Å². The van der Waals surface area contributed by atoms with Gasteiger partial charge in [-0.2, -0.15) is 0 Å². The number of thiol groups is 2. The van der Waals surface area contributed by atoms with Crippen LogP contribution in [0.3, 0.4) is 0 Å². The number of rotatable bonds is 0. The number of benzene rings is 1. The minimum Gasteiger partial charge on any atom is -0.399 e. The molecule has 0 saturated heterocycles. The van der Waals surface area contributed by atoms with Crippen LogP contribution in [0, 0.1) is 0 Å². The molecule has 2 N–H and O–H groups in total. The van der Waals surface area contributed by atoms with E-state index in [0.717, 1.165) is 15.5 Å². The van der Waals surface area contributed by atoms with E-state index in [2.05, 4.69) is 25.3 Å². The van der Waals surface area contributed by atoms with Gasteiger partial charge in [-0.1, -0.05) is 0 Å². The Morgan fingerprint density at radius 2 is 1.78 bits per heavy atom. The standard InChI is InChI=1S/C6H7NS2/c7-4-1-2-5(8)6(9)3-4/h1-3,8-9H,7H2. The number of nitrogen functional groups attached to an aromatic ring is 1. The molecule has 0 spiro atoms. The zero-order valence-electron chi connectivity index (χ0n) is 4.70. The monoisotopic (exact) mass is 157 g/mol. The van der Waals surface area contributed by atoms with Gasteiger partial charge < -0.3 is 5.73 Å². The molecule has 9 heavy (non-hydrogen) atoms. The Morgan fingerprint density at radius 3 is 2.22 bits per heavy atom. The van der Waals surface area contributed by atoms with Crippen LogP contribution in [0.5, 0.6) is 0 Å². The zero-order valence-corrected chi connectivity index (χ0v) is 6.49. The third-order valence-corrected chi connectivity index (χ3v) is 1.94. The van der Waals surface area contributed by atoms with Gasteiger partial charge in [0.2, 0.25) is 0 Å². The smallest absolute Gasteiger partial charge is 0.0325 e. The number of hydrogen-bond acceptors (Lipinski definition) is 3. The highest BCUT2D eigenvalue weighted by Gasteiger charge is 1.91. The van der Waals surface area contributed by atoms with Crippen molar-refractivity contribution in [3.05, 3.63) is 18.2 Å². The predicted octanol–water partition coefficient (Wildman–Crippen LogP) is 1.85. The van der Waals surface area contributed by atoms with Crippen LogP contribution in [0.25, 0.3) is 0 Å². The van der Waals surface area contributed by atoms with Crippen LogP contribution in [0.2, 0.25) is 0 Å². The maximum atomic E-state index is 5.44. The molecule has 1 aromatic rings. The largest absolute Gasteiger partial charge is 0.399 e. The van der Waals surface area contributed by atoms with Crippen molar-refractivity contribution < 1.29 is 0 Å². The molecule has 48 valence electrons. The first-order valence-corrected chi connectivity index (χ1v) is 3.37. The second kappa shape index (κ2) is 2.54. The van der Waals surface area contributed by atoms with Crippen molar-refractivity contribution in [3.63, 3.8) is 0 Å². The number of anilines is 1. The first kappa shape index (κ1) is 6.83. The van der Waals surface area contributed by atoms with Gasteiger partial charge in [-0.15, -0.1) is 25.3 Å². The molecule has 0 bridgehead atoms. The van der Waals surface area contributed by atoms with Crippen LogP contribution in [0.1, 0.15) is 0 Å². The molecule has 0 fully saturated rings. The van der Waals surface area contributed by atoms with Crippen LogP contribution in [0.4, 0.5) is 5.69 Å². The molecule has 0 aliphatic carbocycles. The highest BCUT2D eigenvalue weighted by atomic mass is 32.1. The highest BCUT2D eigenvalue weighted by molar-refractivity contribution is 7.83. The molecule has 0 radical (unpaired) electrons. The van der Waals surface area contributed by atoms with E-state index in [1.807, 2.05) is 6.07 Å². The molecule has 0 heterocycles. The summed E-state index contributed by atoms with van der Waals surface area (Å²) in [5, 5.41) is 0. The van der Waals surface area contributed by atoms with Gasteiger partial charge in [-0.3, -0.25) is 0 Å². The summed E-state index contributed by atoms with van der Waals surface area (Å²) in [6.45, 7) is 0. The molecule has 0 amide bonds. The van der Waals surface area contributed by atoms with E-state index in [-0.39, 0.29) is 0 Å². The lowest BCUT2D eigenvalue weighted by Crippen LogP contribution is -1.83. The van der Waals surface area contributed by atoms with E-state index in [1.165, 1.54) is 0 Å². The van der Waals surface area contributed by atoms with Crippen molar-refractivity contribution in [3.8, 4) is 0 Å². The van der Waals surface area contributed by atoms with Crippen LogP contribution in [-0.4, -0.2) is 0 Å². The summed E-state index contributed by atoms with van der Waals surface area (Å²) >= 11 is 8.22. The number of hydrogen-bond donors (Lipinski definition) is 3. The number of nitrogens with two attached hydrogens (primary N) is 1. The molecule has 1 aromatic carbocycles. The lowest BCUT2D eigenvalue weighted by atomic mass is 10.3. The minimum atomic E-state index is 0.720.